The first kappa shape index (κ1) is 12.9. The Morgan fingerprint density at radius 2 is 2.07 bits per heavy atom. The van der Waals surface area contributed by atoms with E-state index in [0.29, 0.717) is 11.9 Å². The van der Waals surface area contributed by atoms with Gasteiger partial charge in [0.05, 0.1) is 11.1 Å². The maximum absolute atomic E-state index is 5.70. The van der Waals surface area contributed by atoms with Gasteiger partial charge in [-0.2, -0.15) is 0 Å². The molecule has 0 amide bonds. The van der Waals surface area contributed by atoms with E-state index >= 15 is 0 Å². The first-order valence-electron chi connectivity index (χ1n) is 4.72. The van der Waals surface area contributed by atoms with Gasteiger partial charge in [-0.05, 0) is 6.42 Å². The smallest absolute Gasteiger partial charge is 0.0981 e. The Bertz CT molecular complexity index is 327. The molecule has 1 aliphatic rings. The van der Waals surface area contributed by atoms with Crippen molar-refractivity contribution in [3.63, 3.8) is 0 Å². The van der Waals surface area contributed by atoms with E-state index in [0.717, 1.165) is 12.2 Å². The zero-order valence-electron chi connectivity index (χ0n) is 8.23. The summed E-state index contributed by atoms with van der Waals surface area (Å²) >= 11 is 7.53. The van der Waals surface area contributed by atoms with Gasteiger partial charge in [0.2, 0.25) is 0 Å². The van der Waals surface area contributed by atoms with Crippen molar-refractivity contribution in [1.82, 2.24) is 0 Å². The number of benzene rings is 1. The third kappa shape index (κ3) is 3.40. The highest BCUT2D eigenvalue weighted by molar-refractivity contribution is 8.14. The quantitative estimate of drug-likeness (QED) is 0.758. The average molecular weight is 262 g/mol. The third-order valence-corrected chi connectivity index (χ3v) is 3.56. The van der Waals surface area contributed by atoms with E-state index in [-0.39, 0.29) is 12.4 Å². The monoisotopic (exact) mass is 261 g/mol. The number of rotatable bonds is 3. The minimum absolute atomic E-state index is 0. The van der Waals surface area contributed by atoms with Gasteiger partial charge >= 0.3 is 0 Å². The van der Waals surface area contributed by atoms with Crippen LogP contribution in [0.5, 0.6) is 0 Å². The maximum atomic E-state index is 5.70. The molecule has 1 unspecified atom stereocenters. The van der Waals surface area contributed by atoms with Crippen LogP contribution in [0.15, 0.2) is 35.3 Å². The molecule has 0 saturated heterocycles. The van der Waals surface area contributed by atoms with Crippen LogP contribution in [-0.4, -0.2) is 22.7 Å². The second kappa shape index (κ2) is 6.41. The molecule has 0 bridgehead atoms. The summed E-state index contributed by atoms with van der Waals surface area (Å²) in [4.78, 5) is 4.64. The van der Waals surface area contributed by atoms with E-state index in [1.54, 1.807) is 0 Å². The SMILES string of the molecule is Cl.ClCCC1CSC(c2ccccc2)=N1. The lowest BCUT2D eigenvalue weighted by atomic mass is 10.2. The highest BCUT2D eigenvalue weighted by Gasteiger charge is 2.18. The Balaban J connectivity index is 0.00000112. The first-order chi connectivity index (χ1) is 6.90. The predicted molar refractivity (Wildman–Crippen MR) is 71.8 cm³/mol. The minimum Gasteiger partial charge on any atom is -0.274 e. The van der Waals surface area contributed by atoms with Crippen LogP contribution in [0.2, 0.25) is 0 Å². The Labute approximate surface area is 106 Å². The predicted octanol–water partition coefficient (Wildman–Crippen LogP) is 3.60. The maximum Gasteiger partial charge on any atom is 0.0981 e. The molecule has 0 N–H and O–H groups in total. The second-order valence-electron chi connectivity index (χ2n) is 3.24. The molecule has 0 aromatic heterocycles. The summed E-state index contributed by atoms with van der Waals surface area (Å²) in [6.45, 7) is 0. The summed E-state index contributed by atoms with van der Waals surface area (Å²) in [6, 6.07) is 10.8. The van der Waals surface area contributed by atoms with Crippen molar-refractivity contribution in [1.29, 1.82) is 0 Å². The van der Waals surface area contributed by atoms with Crippen molar-refractivity contribution in [2.45, 2.75) is 12.5 Å². The van der Waals surface area contributed by atoms with Crippen molar-refractivity contribution in [3.05, 3.63) is 35.9 Å². The van der Waals surface area contributed by atoms with E-state index in [1.807, 2.05) is 30.0 Å². The molecular formula is C11H13Cl2NS. The zero-order chi connectivity index (χ0) is 9.80. The summed E-state index contributed by atoms with van der Waals surface area (Å²) in [7, 11) is 0. The topological polar surface area (TPSA) is 12.4 Å². The number of hydrogen-bond donors (Lipinski definition) is 0. The molecule has 0 aliphatic carbocycles. The number of aliphatic imine (C=N–C) groups is 1. The number of halogens is 2. The highest BCUT2D eigenvalue weighted by atomic mass is 35.5. The molecule has 82 valence electrons. The third-order valence-electron chi connectivity index (χ3n) is 2.18. The zero-order valence-corrected chi connectivity index (χ0v) is 10.6. The lowest BCUT2D eigenvalue weighted by Crippen LogP contribution is -2.03. The molecule has 1 atom stereocenters. The van der Waals surface area contributed by atoms with Crippen molar-refractivity contribution in [2.75, 3.05) is 11.6 Å². The summed E-state index contributed by atoms with van der Waals surface area (Å²) in [5, 5.41) is 1.17. The van der Waals surface area contributed by atoms with Crippen molar-refractivity contribution in [3.8, 4) is 0 Å². The number of nitrogens with zero attached hydrogens (tertiary/aromatic N) is 1. The summed E-state index contributed by atoms with van der Waals surface area (Å²) in [5.41, 5.74) is 1.23. The fraction of sp³-hybridized carbons (Fsp3) is 0.364. The van der Waals surface area contributed by atoms with Crippen LogP contribution in [0.4, 0.5) is 0 Å². The molecule has 15 heavy (non-hydrogen) atoms. The van der Waals surface area contributed by atoms with Crippen LogP contribution < -0.4 is 0 Å². The van der Waals surface area contributed by atoms with E-state index in [4.69, 9.17) is 11.6 Å². The Morgan fingerprint density at radius 1 is 1.33 bits per heavy atom. The van der Waals surface area contributed by atoms with E-state index in [9.17, 15) is 0 Å². The lowest BCUT2D eigenvalue weighted by Gasteiger charge is -1.99. The van der Waals surface area contributed by atoms with E-state index < -0.39 is 0 Å². The number of hydrogen-bond acceptors (Lipinski definition) is 2. The van der Waals surface area contributed by atoms with Crippen LogP contribution in [0.3, 0.4) is 0 Å². The van der Waals surface area contributed by atoms with Gasteiger partial charge in [-0.15, -0.1) is 35.8 Å². The molecule has 1 aromatic carbocycles. The average Bonchev–Trinajstić information content (AvgIpc) is 2.68. The second-order valence-corrected chi connectivity index (χ2v) is 4.63. The van der Waals surface area contributed by atoms with Crippen LogP contribution in [0.1, 0.15) is 12.0 Å². The van der Waals surface area contributed by atoms with Crippen molar-refractivity contribution < 1.29 is 0 Å². The molecule has 2 rings (SSSR count). The molecular weight excluding hydrogens is 249 g/mol. The van der Waals surface area contributed by atoms with E-state index in [2.05, 4.69) is 17.1 Å². The van der Waals surface area contributed by atoms with Gasteiger partial charge in [-0.25, -0.2) is 0 Å². The molecule has 4 heteroatoms. The fourth-order valence-electron chi connectivity index (χ4n) is 1.43. The number of thioether (sulfide) groups is 1. The molecule has 0 spiro atoms. The summed E-state index contributed by atoms with van der Waals surface area (Å²) in [5.74, 6) is 1.79. The molecule has 1 nitrogen and oxygen atoms in total. The minimum atomic E-state index is 0. The molecule has 1 heterocycles. The summed E-state index contributed by atoms with van der Waals surface area (Å²) < 4.78 is 0. The lowest BCUT2D eigenvalue weighted by molar-refractivity contribution is 0.742. The van der Waals surface area contributed by atoms with Gasteiger partial charge in [0.1, 0.15) is 0 Å². The van der Waals surface area contributed by atoms with Crippen molar-refractivity contribution >= 4 is 40.8 Å². The molecule has 1 aliphatic heterocycles. The molecule has 0 radical (unpaired) electrons. The molecule has 1 aromatic rings. The van der Waals surface area contributed by atoms with Crippen LogP contribution in [0.25, 0.3) is 0 Å². The van der Waals surface area contributed by atoms with Gasteiger partial charge in [-0.3, -0.25) is 4.99 Å². The van der Waals surface area contributed by atoms with Gasteiger partial charge in [0, 0.05) is 17.2 Å². The van der Waals surface area contributed by atoms with Crippen LogP contribution >= 0.6 is 35.8 Å². The summed E-state index contributed by atoms with van der Waals surface area (Å²) in [6.07, 6.45) is 0.991. The highest BCUT2D eigenvalue weighted by Crippen LogP contribution is 2.24. The van der Waals surface area contributed by atoms with Gasteiger partial charge in [0.15, 0.2) is 0 Å². The largest absolute Gasteiger partial charge is 0.274 e. The Morgan fingerprint density at radius 3 is 2.73 bits per heavy atom. The van der Waals surface area contributed by atoms with Gasteiger partial charge < -0.3 is 0 Å². The fourth-order valence-corrected chi connectivity index (χ4v) is 2.80. The standard InChI is InChI=1S/C11H12ClNS.ClH/c12-7-6-10-8-14-11(13-10)9-4-2-1-3-5-9;/h1-5,10H,6-8H2;1H. The number of alkyl halides is 1. The van der Waals surface area contributed by atoms with Crippen LogP contribution in [0, 0.1) is 0 Å². The first-order valence-corrected chi connectivity index (χ1v) is 6.24. The van der Waals surface area contributed by atoms with Crippen LogP contribution in [-0.2, 0) is 0 Å². The Kier molecular flexibility index (Phi) is 5.51. The van der Waals surface area contributed by atoms with Gasteiger partial charge in [0.25, 0.3) is 0 Å². The van der Waals surface area contributed by atoms with Crippen molar-refractivity contribution in [2.24, 2.45) is 4.99 Å². The van der Waals surface area contributed by atoms with E-state index in [1.165, 1.54) is 10.6 Å². The molecule has 0 fully saturated rings. The Hall–Kier alpha value is -0.180. The van der Waals surface area contributed by atoms with Gasteiger partial charge in [-0.1, -0.05) is 30.3 Å². The normalized spacial score (nSPS) is 19.5. The molecule has 0 saturated carbocycles.